The van der Waals surface area contributed by atoms with E-state index in [0.717, 1.165) is 5.57 Å². The summed E-state index contributed by atoms with van der Waals surface area (Å²) in [5.41, 5.74) is 1.22. The van der Waals surface area contributed by atoms with Crippen molar-refractivity contribution in [3.8, 4) is 0 Å². The van der Waals surface area contributed by atoms with Gasteiger partial charge in [-0.1, -0.05) is 30.4 Å². The predicted molar refractivity (Wildman–Crippen MR) is 77.3 cm³/mol. The Morgan fingerprint density at radius 3 is 2.45 bits per heavy atom. The number of rotatable bonds is 4. The van der Waals surface area contributed by atoms with Gasteiger partial charge >= 0.3 is 0 Å². The molecule has 0 fully saturated rings. The summed E-state index contributed by atoms with van der Waals surface area (Å²) in [4.78, 5) is 12.3. The molecule has 0 radical (unpaired) electrons. The fourth-order valence-corrected chi connectivity index (χ4v) is 3.23. The minimum Gasteiger partial charge on any atom is -0.285 e. The minimum atomic E-state index is -3.89. The van der Waals surface area contributed by atoms with Crippen LogP contribution in [0, 0.1) is 6.92 Å². The lowest BCUT2D eigenvalue weighted by atomic mass is 10.1. The summed E-state index contributed by atoms with van der Waals surface area (Å²) in [7, 11) is -3.89. The first kappa shape index (κ1) is 14.3. The third kappa shape index (κ3) is 2.46. The van der Waals surface area contributed by atoms with Crippen LogP contribution < -0.4 is 5.56 Å². The van der Waals surface area contributed by atoms with Crippen LogP contribution in [-0.2, 0) is 16.4 Å². The second-order valence-electron chi connectivity index (χ2n) is 4.74. The highest BCUT2D eigenvalue weighted by atomic mass is 32.2. The molecule has 1 heterocycles. The van der Waals surface area contributed by atoms with Gasteiger partial charge in [0.05, 0.1) is 4.90 Å². The molecule has 0 atom stereocenters. The Morgan fingerprint density at radius 1 is 1.30 bits per heavy atom. The third-order valence-corrected chi connectivity index (χ3v) is 4.53. The number of aromatic nitrogens is 2. The number of benzene rings is 1. The first-order valence-electron chi connectivity index (χ1n) is 6.09. The maximum Gasteiger partial charge on any atom is 0.284 e. The van der Waals surface area contributed by atoms with E-state index < -0.39 is 15.6 Å². The maximum absolute atomic E-state index is 12.4. The van der Waals surface area contributed by atoms with E-state index in [1.807, 2.05) is 0 Å². The summed E-state index contributed by atoms with van der Waals surface area (Å²) >= 11 is 0. The highest BCUT2D eigenvalue weighted by Gasteiger charge is 2.22. The number of aromatic amines is 1. The van der Waals surface area contributed by atoms with Gasteiger partial charge in [-0.05, 0) is 26.0 Å². The number of nitrogens with zero attached hydrogens (tertiary/aromatic N) is 1. The maximum atomic E-state index is 12.4. The molecule has 0 saturated heterocycles. The fourth-order valence-electron chi connectivity index (χ4n) is 1.93. The highest BCUT2D eigenvalue weighted by Crippen LogP contribution is 2.13. The molecule has 0 unspecified atom stereocenters. The standard InChI is InChI=1S/C14H16N2O3S/c1-10(2)9-13-11(3)15-16(14(13)17)20(18,19)12-7-5-4-6-8-12/h4-8,15H,1,9H2,2-3H3. The van der Waals surface area contributed by atoms with Crippen LogP contribution in [0.2, 0.25) is 0 Å². The lowest BCUT2D eigenvalue weighted by Crippen LogP contribution is -2.27. The van der Waals surface area contributed by atoms with Crippen LogP contribution in [0.4, 0.5) is 0 Å². The predicted octanol–water partition coefficient (Wildman–Crippen LogP) is 1.84. The Hall–Kier alpha value is -2.08. The molecule has 2 aromatic rings. The Kier molecular flexibility index (Phi) is 3.67. The summed E-state index contributed by atoms with van der Waals surface area (Å²) in [6.07, 6.45) is 0.360. The van der Waals surface area contributed by atoms with E-state index >= 15 is 0 Å². The van der Waals surface area contributed by atoms with Crippen molar-refractivity contribution in [1.29, 1.82) is 0 Å². The van der Waals surface area contributed by atoms with Crippen LogP contribution in [0.25, 0.3) is 0 Å². The van der Waals surface area contributed by atoms with Gasteiger partial charge in [0.15, 0.2) is 0 Å². The zero-order valence-electron chi connectivity index (χ0n) is 11.4. The van der Waals surface area contributed by atoms with Crippen molar-refractivity contribution in [1.82, 2.24) is 9.19 Å². The van der Waals surface area contributed by atoms with Crippen molar-refractivity contribution in [2.24, 2.45) is 0 Å². The van der Waals surface area contributed by atoms with E-state index in [1.54, 1.807) is 32.0 Å². The molecule has 0 saturated carbocycles. The Balaban J connectivity index is 2.60. The van der Waals surface area contributed by atoms with Gasteiger partial charge in [-0.2, -0.15) is 8.42 Å². The number of nitrogens with one attached hydrogen (secondary N) is 1. The monoisotopic (exact) mass is 292 g/mol. The highest BCUT2D eigenvalue weighted by molar-refractivity contribution is 7.89. The average Bonchev–Trinajstić information content (AvgIpc) is 2.68. The number of H-pyrrole nitrogens is 1. The van der Waals surface area contributed by atoms with E-state index in [0.29, 0.717) is 21.8 Å². The molecule has 20 heavy (non-hydrogen) atoms. The van der Waals surface area contributed by atoms with Gasteiger partial charge < -0.3 is 0 Å². The topological polar surface area (TPSA) is 71.9 Å². The molecular weight excluding hydrogens is 276 g/mol. The molecule has 0 aliphatic carbocycles. The van der Waals surface area contributed by atoms with E-state index in [1.165, 1.54) is 12.1 Å². The summed E-state index contributed by atoms with van der Waals surface area (Å²) < 4.78 is 25.5. The summed E-state index contributed by atoms with van der Waals surface area (Å²) in [5.74, 6) is 0. The van der Waals surface area contributed by atoms with Gasteiger partial charge in [0.1, 0.15) is 0 Å². The molecule has 0 spiro atoms. The van der Waals surface area contributed by atoms with Crippen molar-refractivity contribution >= 4 is 10.0 Å². The summed E-state index contributed by atoms with van der Waals surface area (Å²) in [5, 5.41) is 2.63. The van der Waals surface area contributed by atoms with Gasteiger partial charge in [0, 0.05) is 17.7 Å². The van der Waals surface area contributed by atoms with E-state index in [4.69, 9.17) is 0 Å². The van der Waals surface area contributed by atoms with Gasteiger partial charge in [0.25, 0.3) is 15.6 Å². The average molecular weight is 292 g/mol. The van der Waals surface area contributed by atoms with Crippen LogP contribution >= 0.6 is 0 Å². The van der Waals surface area contributed by atoms with Crippen LogP contribution in [0.3, 0.4) is 0 Å². The molecule has 0 bridgehead atoms. The summed E-state index contributed by atoms with van der Waals surface area (Å²) in [6.45, 7) is 7.22. The molecule has 0 aliphatic heterocycles. The second-order valence-corrected chi connectivity index (χ2v) is 6.52. The summed E-state index contributed by atoms with van der Waals surface area (Å²) in [6, 6.07) is 7.85. The zero-order valence-corrected chi connectivity index (χ0v) is 12.2. The van der Waals surface area contributed by atoms with Gasteiger partial charge in [0.2, 0.25) is 0 Å². The molecule has 1 N–H and O–H groups in total. The number of aryl methyl sites for hydroxylation is 1. The van der Waals surface area contributed by atoms with Crippen LogP contribution in [0.5, 0.6) is 0 Å². The molecule has 0 amide bonds. The molecule has 1 aromatic carbocycles. The third-order valence-electron chi connectivity index (χ3n) is 2.92. The molecule has 2 rings (SSSR count). The molecular formula is C14H16N2O3S. The van der Waals surface area contributed by atoms with E-state index in [9.17, 15) is 13.2 Å². The first-order valence-corrected chi connectivity index (χ1v) is 7.53. The fraction of sp³-hybridized carbons (Fsp3) is 0.214. The molecule has 6 heteroatoms. The van der Waals surface area contributed by atoms with Gasteiger partial charge in [-0.3, -0.25) is 9.89 Å². The van der Waals surface area contributed by atoms with Crippen LogP contribution in [-0.4, -0.2) is 17.6 Å². The van der Waals surface area contributed by atoms with Crippen molar-refractivity contribution in [2.45, 2.75) is 25.2 Å². The zero-order chi connectivity index (χ0) is 14.9. The smallest absolute Gasteiger partial charge is 0.284 e. The van der Waals surface area contributed by atoms with E-state index in [2.05, 4.69) is 11.7 Å². The van der Waals surface area contributed by atoms with Crippen molar-refractivity contribution in [3.05, 3.63) is 64.1 Å². The quantitative estimate of drug-likeness (QED) is 0.874. The number of allylic oxidation sites excluding steroid dienone is 1. The minimum absolute atomic E-state index is 0.0743. The van der Waals surface area contributed by atoms with Gasteiger partial charge in [-0.15, -0.1) is 4.09 Å². The van der Waals surface area contributed by atoms with Crippen molar-refractivity contribution < 1.29 is 8.42 Å². The van der Waals surface area contributed by atoms with Gasteiger partial charge in [-0.25, -0.2) is 0 Å². The molecule has 0 aliphatic rings. The Labute approximate surface area is 117 Å². The molecule has 5 nitrogen and oxygen atoms in total. The number of hydrogen-bond donors (Lipinski definition) is 1. The first-order chi connectivity index (χ1) is 9.34. The largest absolute Gasteiger partial charge is 0.285 e. The lowest BCUT2D eigenvalue weighted by molar-refractivity contribution is 0.577. The van der Waals surface area contributed by atoms with Crippen LogP contribution in [0.1, 0.15) is 18.2 Å². The molecule has 106 valence electrons. The normalized spacial score (nSPS) is 11.5. The van der Waals surface area contributed by atoms with E-state index in [-0.39, 0.29) is 4.90 Å². The van der Waals surface area contributed by atoms with Crippen LogP contribution in [0.15, 0.2) is 52.2 Å². The lowest BCUT2D eigenvalue weighted by Gasteiger charge is -2.03. The SMILES string of the molecule is C=C(C)Cc1c(C)[nH]n(S(=O)(=O)c2ccccc2)c1=O. The number of hydrogen-bond acceptors (Lipinski definition) is 3. The second kappa shape index (κ2) is 5.13. The van der Waals surface area contributed by atoms with Crippen molar-refractivity contribution in [2.75, 3.05) is 0 Å². The Morgan fingerprint density at radius 2 is 1.90 bits per heavy atom. The Bertz CT molecular complexity index is 799. The molecule has 1 aromatic heterocycles. The van der Waals surface area contributed by atoms with Crippen molar-refractivity contribution in [3.63, 3.8) is 0 Å².